The van der Waals surface area contributed by atoms with Gasteiger partial charge in [-0.2, -0.15) is 0 Å². The molecule has 106 valence electrons. The normalized spacial score (nSPS) is 10.7. The van der Waals surface area contributed by atoms with Gasteiger partial charge < -0.3 is 15.2 Å². The van der Waals surface area contributed by atoms with E-state index in [-0.39, 0.29) is 6.10 Å². The van der Waals surface area contributed by atoms with Gasteiger partial charge in [0.1, 0.15) is 17.2 Å². The third-order valence-corrected chi connectivity index (χ3v) is 2.71. The molecule has 0 spiro atoms. The highest BCUT2D eigenvalue weighted by molar-refractivity contribution is 5.51. The Balaban J connectivity index is 2.26. The fourth-order valence-electron chi connectivity index (χ4n) is 2.12. The summed E-state index contributed by atoms with van der Waals surface area (Å²) in [6.07, 6.45) is 0.103. The average molecular weight is 271 g/mol. The summed E-state index contributed by atoms with van der Waals surface area (Å²) in [5, 5.41) is 0. The Morgan fingerprint density at radius 2 is 1.35 bits per heavy atom. The maximum absolute atomic E-state index is 5.89. The summed E-state index contributed by atoms with van der Waals surface area (Å²) >= 11 is 0. The standard InChI is InChI=1S/C17H21NO2/c1-11(2)19-16-8-14(18)9-17(10-16)20-15-6-12(3)5-13(4)7-15/h5-11H,18H2,1-4H3. The minimum atomic E-state index is 0.103. The smallest absolute Gasteiger partial charge is 0.133 e. The van der Waals surface area contributed by atoms with Gasteiger partial charge in [-0.25, -0.2) is 0 Å². The van der Waals surface area contributed by atoms with E-state index in [9.17, 15) is 0 Å². The Hall–Kier alpha value is -2.16. The molecule has 2 aromatic rings. The van der Waals surface area contributed by atoms with E-state index in [1.165, 1.54) is 11.1 Å². The molecule has 0 amide bonds. The lowest BCUT2D eigenvalue weighted by Crippen LogP contribution is -2.05. The molecule has 0 radical (unpaired) electrons. The molecule has 3 nitrogen and oxygen atoms in total. The molecule has 0 saturated heterocycles. The predicted octanol–water partition coefficient (Wildman–Crippen LogP) is 4.47. The van der Waals surface area contributed by atoms with Crippen molar-refractivity contribution in [3.8, 4) is 17.2 Å². The molecule has 0 fully saturated rings. The van der Waals surface area contributed by atoms with Crippen LogP contribution in [-0.2, 0) is 0 Å². The van der Waals surface area contributed by atoms with E-state index in [0.29, 0.717) is 11.4 Å². The van der Waals surface area contributed by atoms with E-state index in [4.69, 9.17) is 15.2 Å². The third-order valence-electron chi connectivity index (χ3n) is 2.71. The Morgan fingerprint density at radius 1 is 0.800 bits per heavy atom. The van der Waals surface area contributed by atoms with Gasteiger partial charge in [-0.15, -0.1) is 0 Å². The Labute approximate surface area is 120 Å². The maximum Gasteiger partial charge on any atom is 0.133 e. The molecule has 0 atom stereocenters. The van der Waals surface area contributed by atoms with Gasteiger partial charge >= 0.3 is 0 Å². The van der Waals surface area contributed by atoms with Crippen LogP contribution in [0.5, 0.6) is 17.2 Å². The summed E-state index contributed by atoms with van der Waals surface area (Å²) in [4.78, 5) is 0. The number of hydrogen-bond donors (Lipinski definition) is 1. The molecule has 20 heavy (non-hydrogen) atoms. The van der Waals surface area contributed by atoms with E-state index >= 15 is 0 Å². The fourth-order valence-corrected chi connectivity index (χ4v) is 2.12. The number of nitrogen functional groups attached to an aromatic ring is 1. The molecular formula is C17H21NO2. The van der Waals surface area contributed by atoms with Crippen molar-refractivity contribution in [3.05, 3.63) is 47.5 Å². The second-order valence-electron chi connectivity index (χ2n) is 5.33. The van der Waals surface area contributed by atoms with Gasteiger partial charge in [0.05, 0.1) is 6.10 Å². The van der Waals surface area contributed by atoms with Crippen molar-refractivity contribution in [2.45, 2.75) is 33.8 Å². The average Bonchev–Trinajstić information content (AvgIpc) is 2.24. The van der Waals surface area contributed by atoms with Crippen LogP contribution >= 0.6 is 0 Å². The largest absolute Gasteiger partial charge is 0.491 e. The number of anilines is 1. The molecular weight excluding hydrogens is 250 g/mol. The van der Waals surface area contributed by atoms with E-state index in [1.54, 1.807) is 12.1 Å². The molecule has 3 heteroatoms. The van der Waals surface area contributed by atoms with Crippen molar-refractivity contribution in [2.24, 2.45) is 0 Å². The zero-order valence-corrected chi connectivity index (χ0v) is 12.4. The molecule has 0 heterocycles. The molecule has 0 unspecified atom stereocenters. The lowest BCUT2D eigenvalue weighted by molar-refractivity contribution is 0.242. The Kier molecular flexibility index (Phi) is 4.18. The van der Waals surface area contributed by atoms with Crippen molar-refractivity contribution < 1.29 is 9.47 Å². The molecule has 0 aliphatic heterocycles. The van der Waals surface area contributed by atoms with E-state index < -0.39 is 0 Å². The zero-order chi connectivity index (χ0) is 14.7. The number of nitrogens with two attached hydrogens (primary N) is 1. The van der Waals surface area contributed by atoms with Crippen LogP contribution < -0.4 is 15.2 Å². The Bertz CT molecular complexity index is 586. The number of ether oxygens (including phenoxy) is 2. The van der Waals surface area contributed by atoms with Gasteiger partial charge in [0, 0.05) is 23.9 Å². The van der Waals surface area contributed by atoms with Gasteiger partial charge in [0.15, 0.2) is 0 Å². The Morgan fingerprint density at radius 3 is 1.95 bits per heavy atom. The summed E-state index contributed by atoms with van der Waals surface area (Å²) in [5.41, 5.74) is 8.85. The van der Waals surface area contributed by atoms with Crippen LogP contribution in [0.3, 0.4) is 0 Å². The molecule has 0 saturated carbocycles. The van der Waals surface area contributed by atoms with Crippen LogP contribution in [0, 0.1) is 13.8 Å². The summed E-state index contributed by atoms with van der Waals surface area (Å²) in [5.74, 6) is 2.22. The van der Waals surface area contributed by atoms with Crippen molar-refractivity contribution in [1.29, 1.82) is 0 Å². The topological polar surface area (TPSA) is 44.5 Å². The number of rotatable bonds is 4. The van der Waals surface area contributed by atoms with Crippen LogP contribution in [0.4, 0.5) is 5.69 Å². The summed E-state index contributed by atoms with van der Waals surface area (Å²) in [7, 11) is 0. The molecule has 0 bridgehead atoms. The fraction of sp³-hybridized carbons (Fsp3) is 0.294. The maximum atomic E-state index is 5.89. The van der Waals surface area contributed by atoms with Crippen molar-refractivity contribution in [1.82, 2.24) is 0 Å². The number of benzene rings is 2. The molecule has 2 rings (SSSR count). The van der Waals surface area contributed by atoms with Gasteiger partial charge in [-0.3, -0.25) is 0 Å². The first-order valence-corrected chi connectivity index (χ1v) is 6.76. The van der Waals surface area contributed by atoms with E-state index in [0.717, 1.165) is 11.5 Å². The van der Waals surface area contributed by atoms with Crippen LogP contribution in [0.2, 0.25) is 0 Å². The second-order valence-corrected chi connectivity index (χ2v) is 5.33. The van der Waals surface area contributed by atoms with Crippen LogP contribution in [0.15, 0.2) is 36.4 Å². The van der Waals surface area contributed by atoms with Crippen LogP contribution in [-0.4, -0.2) is 6.10 Å². The molecule has 0 aliphatic rings. The zero-order valence-electron chi connectivity index (χ0n) is 12.4. The van der Waals surface area contributed by atoms with Crippen LogP contribution in [0.25, 0.3) is 0 Å². The third kappa shape index (κ3) is 3.92. The minimum absolute atomic E-state index is 0.103. The highest BCUT2D eigenvalue weighted by Gasteiger charge is 2.05. The molecule has 2 aromatic carbocycles. The van der Waals surface area contributed by atoms with Gasteiger partial charge in [0.25, 0.3) is 0 Å². The lowest BCUT2D eigenvalue weighted by atomic mass is 10.1. The van der Waals surface area contributed by atoms with Crippen molar-refractivity contribution in [3.63, 3.8) is 0 Å². The second kappa shape index (κ2) is 5.87. The van der Waals surface area contributed by atoms with Gasteiger partial charge in [-0.1, -0.05) is 6.07 Å². The summed E-state index contributed by atoms with van der Waals surface area (Å²) < 4.78 is 11.5. The van der Waals surface area contributed by atoms with Crippen molar-refractivity contribution in [2.75, 3.05) is 5.73 Å². The van der Waals surface area contributed by atoms with Crippen molar-refractivity contribution >= 4 is 5.69 Å². The SMILES string of the molecule is Cc1cc(C)cc(Oc2cc(N)cc(OC(C)C)c2)c1. The molecule has 0 aliphatic carbocycles. The quantitative estimate of drug-likeness (QED) is 0.835. The summed E-state index contributed by atoms with van der Waals surface area (Å²) in [6, 6.07) is 11.6. The first kappa shape index (κ1) is 14.3. The minimum Gasteiger partial charge on any atom is -0.491 e. The molecule has 2 N–H and O–H groups in total. The number of hydrogen-bond acceptors (Lipinski definition) is 3. The summed E-state index contributed by atoms with van der Waals surface area (Å²) in [6.45, 7) is 8.06. The first-order valence-electron chi connectivity index (χ1n) is 6.76. The lowest BCUT2D eigenvalue weighted by Gasteiger charge is -2.13. The monoisotopic (exact) mass is 271 g/mol. The van der Waals surface area contributed by atoms with Crippen LogP contribution in [0.1, 0.15) is 25.0 Å². The molecule has 0 aromatic heterocycles. The highest BCUT2D eigenvalue weighted by atomic mass is 16.5. The van der Waals surface area contributed by atoms with E-state index in [1.807, 2.05) is 45.9 Å². The van der Waals surface area contributed by atoms with E-state index in [2.05, 4.69) is 6.07 Å². The highest BCUT2D eigenvalue weighted by Crippen LogP contribution is 2.30. The predicted molar refractivity (Wildman–Crippen MR) is 82.6 cm³/mol. The van der Waals surface area contributed by atoms with Gasteiger partial charge in [0.2, 0.25) is 0 Å². The van der Waals surface area contributed by atoms with Gasteiger partial charge in [-0.05, 0) is 51.0 Å². The first-order chi connectivity index (χ1) is 9.42. The number of aryl methyl sites for hydroxylation is 2.